The molecule has 2 aromatic heterocycles. The second-order valence-corrected chi connectivity index (χ2v) is 6.25. The van der Waals surface area contributed by atoms with E-state index < -0.39 is 5.91 Å². The van der Waals surface area contributed by atoms with Crippen molar-refractivity contribution in [1.29, 1.82) is 0 Å². The zero-order valence-corrected chi connectivity index (χ0v) is 15.1. The van der Waals surface area contributed by atoms with Crippen molar-refractivity contribution in [3.8, 4) is 0 Å². The minimum atomic E-state index is -0.597. The van der Waals surface area contributed by atoms with Crippen molar-refractivity contribution in [2.45, 2.75) is 0 Å². The molecule has 1 amide bonds. The van der Waals surface area contributed by atoms with Gasteiger partial charge >= 0.3 is 5.91 Å². The predicted octanol–water partition coefficient (Wildman–Crippen LogP) is 3.64. The van der Waals surface area contributed by atoms with Gasteiger partial charge in [-0.25, -0.2) is 5.48 Å². The van der Waals surface area contributed by atoms with Crippen LogP contribution < -0.4 is 10.8 Å². The van der Waals surface area contributed by atoms with Gasteiger partial charge in [0.05, 0.1) is 29.3 Å². The molecule has 0 fully saturated rings. The fraction of sp³-hybridized carbons (Fsp3) is 0.125. The van der Waals surface area contributed by atoms with Gasteiger partial charge in [0.25, 0.3) is 0 Å². The number of hydrogen-bond donors (Lipinski definition) is 3. The molecule has 3 aromatic rings. The molecule has 9 heteroatoms. The van der Waals surface area contributed by atoms with Gasteiger partial charge in [-0.3, -0.25) is 14.6 Å². The molecule has 2 heterocycles. The molecule has 25 heavy (non-hydrogen) atoms. The molecule has 0 aliphatic heterocycles. The molecule has 1 aromatic carbocycles. The predicted molar refractivity (Wildman–Crippen MR) is 96.9 cm³/mol. The molecule has 0 radical (unpaired) electrons. The Kier molecular flexibility index (Phi) is 5.54. The number of pyridine rings is 1. The Hall–Kier alpha value is -2.13. The third-order valence-electron chi connectivity index (χ3n) is 3.24. The summed E-state index contributed by atoms with van der Waals surface area (Å²) in [5, 5.41) is 12.9. The molecule has 0 saturated carbocycles. The summed E-state index contributed by atoms with van der Waals surface area (Å²) in [6.45, 7) is -0.251. The number of nitrogens with zero attached hydrogens (tertiary/aromatic N) is 1. The van der Waals surface area contributed by atoms with E-state index in [1.54, 1.807) is 30.6 Å². The number of aromatic nitrogens is 1. The molecule has 130 valence electrons. The average molecular weight is 427 g/mol. The Balaban J connectivity index is 1.99. The van der Waals surface area contributed by atoms with Crippen molar-refractivity contribution in [3.63, 3.8) is 0 Å². The number of anilines is 2. The largest absolute Gasteiger partial charge is 0.448 e. The maximum absolute atomic E-state index is 12.3. The molecule has 0 aliphatic rings. The van der Waals surface area contributed by atoms with Crippen molar-refractivity contribution in [1.82, 2.24) is 10.5 Å². The van der Waals surface area contributed by atoms with Gasteiger partial charge < -0.3 is 14.8 Å². The topological polar surface area (TPSA) is 96.6 Å². The van der Waals surface area contributed by atoms with Crippen LogP contribution in [-0.4, -0.2) is 29.2 Å². The average Bonchev–Trinajstić information content (AvgIpc) is 2.96. The quantitative estimate of drug-likeness (QED) is 0.411. The zero-order chi connectivity index (χ0) is 17.8. The van der Waals surface area contributed by atoms with E-state index in [0.717, 1.165) is 4.47 Å². The smallest absolute Gasteiger partial charge is 0.312 e. The lowest BCUT2D eigenvalue weighted by Gasteiger charge is -2.09. The van der Waals surface area contributed by atoms with Gasteiger partial charge in [0.1, 0.15) is 11.3 Å². The van der Waals surface area contributed by atoms with E-state index in [4.69, 9.17) is 26.0 Å². The van der Waals surface area contributed by atoms with Crippen LogP contribution in [0.3, 0.4) is 0 Å². The van der Waals surface area contributed by atoms with Crippen LogP contribution in [0.4, 0.5) is 11.4 Å². The van der Waals surface area contributed by atoms with Crippen LogP contribution in [0.2, 0.25) is 5.02 Å². The summed E-state index contributed by atoms with van der Waals surface area (Å²) in [6, 6.07) is 6.97. The normalized spacial score (nSPS) is 10.8. The lowest BCUT2D eigenvalue weighted by molar-refractivity contribution is 0.0152. The zero-order valence-electron chi connectivity index (χ0n) is 12.8. The third kappa shape index (κ3) is 3.93. The summed E-state index contributed by atoms with van der Waals surface area (Å²) >= 11 is 9.59. The molecule has 0 bridgehead atoms. The number of carbonyl (C=O) groups is 1. The number of aliphatic hydroxyl groups excluding tert-OH is 1. The number of aliphatic hydroxyl groups is 1. The molecular weight excluding hydrogens is 414 g/mol. The van der Waals surface area contributed by atoms with Crippen LogP contribution in [-0.2, 0) is 4.84 Å². The van der Waals surface area contributed by atoms with Gasteiger partial charge in [0.2, 0.25) is 5.76 Å². The summed E-state index contributed by atoms with van der Waals surface area (Å²) in [5.74, 6) is -0.583. The number of fused-ring (bicyclic) bond motifs is 1. The highest BCUT2D eigenvalue weighted by molar-refractivity contribution is 9.10. The van der Waals surface area contributed by atoms with Gasteiger partial charge in [-0.05, 0) is 24.3 Å². The number of carbonyl (C=O) groups excluding carboxylic acids is 1. The first kappa shape index (κ1) is 17.7. The van der Waals surface area contributed by atoms with E-state index in [9.17, 15) is 4.79 Å². The van der Waals surface area contributed by atoms with Crippen molar-refractivity contribution < 1.29 is 19.2 Å². The monoisotopic (exact) mass is 425 g/mol. The lowest BCUT2D eigenvalue weighted by Crippen LogP contribution is -2.25. The first-order chi connectivity index (χ1) is 12.1. The Labute approximate surface area is 156 Å². The summed E-state index contributed by atoms with van der Waals surface area (Å²) in [7, 11) is 0. The van der Waals surface area contributed by atoms with Gasteiger partial charge in [0.15, 0.2) is 0 Å². The van der Waals surface area contributed by atoms with Gasteiger partial charge in [-0.15, -0.1) is 0 Å². The molecule has 0 atom stereocenters. The number of rotatable bonds is 6. The number of hydrogen-bond acceptors (Lipinski definition) is 6. The fourth-order valence-electron chi connectivity index (χ4n) is 2.16. The number of furan rings is 1. The van der Waals surface area contributed by atoms with Crippen LogP contribution in [0.1, 0.15) is 10.6 Å². The molecular formula is C16H13BrClN3O4. The standard InChI is InChI=1S/C16H13BrClN3O4/c17-9-1-2-12(11(18)7-9)20-14-10-8-19-4-3-13(10)25-15(14)16(23)21-24-6-5-22/h1-4,7-8,20,22H,5-6H2,(H,21,23). The summed E-state index contributed by atoms with van der Waals surface area (Å²) < 4.78 is 6.45. The highest BCUT2D eigenvalue weighted by Gasteiger charge is 2.22. The highest BCUT2D eigenvalue weighted by Crippen LogP contribution is 2.35. The summed E-state index contributed by atoms with van der Waals surface area (Å²) in [4.78, 5) is 21.2. The van der Waals surface area contributed by atoms with Crippen LogP contribution in [0, 0.1) is 0 Å². The third-order valence-corrected chi connectivity index (χ3v) is 4.05. The van der Waals surface area contributed by atoms with Crippen molar-refractivity contribution in [3.05, 3.63) is 51.9 Å². The first-order valence-electron chi connectivity index (χ1n) is 7.21. The Bertz CT molecular complexity index is 916. The van der Waals surface area contributed by atoms with Crippen LogP contribution in [0.25, 0.3) is 11.0 Å². The van der Waals surface area contributed by atoms with Crippen LogP contribution in [0.5, 0.6) is 0 Å². The van der Waals surface area contributed by atoms with Gasteiger partial charge in [0, 0.05) is 16.9 Å². The maximum atomic E-state index is 12.3. The summed E-state index contributed by atoms with van der Waals surface area (Å²) in [6.07, 6.45) is 3.14. The molecule has 0 spiro atoms. The second kappa shape index (κ2) is 7.83. The molecule has 0 aliphatic carbocycles. The first-order valence-corrected chi connectivity index (χ1v) is 8.39. The van der Waals surface area contributed by atoms with Crippen molar-refractivity contribution in [2.24, 2.45) is 0 Å². The second-order valence-electron chi connectivity index (χ2n) is 4.93. The Morgan fingerprint density at radius 1 is 1.40 bits per heavy atom. The van der Waals surface area contributed by atoms with E-state index in [0.29, 0.717) is 27.4 Å². The maximum Gasteiger partial charge on any atom is 0.312 e. The van der Waals surface area contributed by atoms with E-state index in [2.05, 4.69) is 31.7 Å². The number of nitrogens with one attached hydrogen (secondary N) is 2. The number of benzene rings is 1. The molecule has 0 saturated heterocycles. The van der Waals surface area contributed by atoms with Gasteiger partial charge in [-0.1, -0.05) is 27.5 Å². The molecule has 7 nitrogen and oxygen atoms in total. The van der Waals surface area contributed by atoms with Crippen LogP contribution >= 0.6 is 27.5 Å². The number of hydroxylamine groups is 1. The van der Waals surface area contributed by atoms with E-state index in [1.807, 2.05) is 6.07 Å². The van der Waals surface area contributed by atoms with E-state index >= 15 is 0 Å². The fourth-order valence-corrected chi connectivity index (χ4v) is 2.88. The lowest BCUT2D eigenvalue weighted by atomic mass is 10.2. The minimum Gasteiger partial charge on any atom is -0.448 e. The van der Waals surface area contributed by atoms with E-state index in [-0.39, 0.29) is 19.0 Å². The molecule has 0 unspecified atom stereocenters. The SMILES string of the molecule is O=C(NOCCO)c1oc2ccncc2c1Nc1ccc(Br)cc1Cl. The number of halogens is 2. The molecule has 3 rings (SSSR count). The van der Waals surface area contributed by atoms with Gasteiger partial charge in [-0.2, -0.15) is 0 Å². The van der Waals surface area contributed by atoms with Crippen molar-refractivity contribution in [2.75, 3.05) is 18.5 Å². The minimum absolute atomic E-state index is 0.0138. The number of amides is 1. The van der Waals surface area contributed by atoms with E-state index in [1.165, 1.54) is 0 Å². The Morgan fingerprint density at radius 3 is 3.00 bits per heavy atom. The van der Waals surface area contributed by atoms with Crippen LogP contribution in [0.15, 0.2) is 45.5 Å². The molecule has 3 N–H and O–H groups in total. The van der Waals surface area contributed by atoms with Crippen molar-refractivity contribution >= 4 is 55.8 Å². The Morgan fingerprint density at radius 2 is 2.24 bits per heavy atom. The highest BCUT2D eigenvalue weighted by atomic mass is 79.9. The summed E-state index contributed by atoms with van der Waals surface area (Å²) in [5.41, 5.74) is 3.71.